The molecule has 6 nitrogen and oxygen atoms in total. The molecule has 26 heavy (non-hydrogen) atoms. The van der Waals surface area contributed by atoms with Crippen molar-refractivity contribution in [3.63, 3.8) is 0 Å². The van der Waals surface area contributed by atoms with Gasteiger partial charge in [0.05, 0.1) is 29.6 Å². The number of rotatable bonds is 5. The van der Waals surface area contributed by atoms with Gasteiger partial charge in [-0.2, -0.15) is 5.10 Å². The van der Waals surface area contributed by atoms with Crippen molar-refractivity contribution in [1.29, 1.82) is 0 Å². The summed E-state index contributed by atoms with van der Waals surface area (Å²) in [5, 5.41) is 16.6. The van der Waals surface area contributed by atoms with Gasteiger partial charge in [0.2, 0.25) is 0 Å². The summed E-state index contributed by atoms with van der Waals surface area (Å²) in [5.41, 5.74) is 1.28. The van der Waals surface area contributed by atoms with E-state index in [1.165, 1.54) is 12.8 Å². The summed E-state index contributed by atoms with van der Waals surface area (Å²) in [7, 11) is 0. The van der Waals surface area contributed by atoms with E-state index in [0.717, 1.165) is 36.4 Å². The Bertz CT molecular complexity index is 786. The molecule has 0 aliphatic heterocycles. The highest BCUT2D eigenvalue weighted by Gasteiger charge is 2.58. The van der Waals surface area contributed by atoms with Gasteiger partial charge < -0.3 is 9.84 Å². The number of ether oxygens (including phenoxy) is 1. The molecule has 4 saturated carbocycles. The van der Waals surface area contributed by atoms with Gasteiger partial charge in [-0.25, -0.2) is 0 Å². The van der Waals surface area contributed by atoms with Gasteiger partial charge in [-0.15, -0.1) is 0 Å². The number of aliphatic carboxylic acids is 1. The average molecular weight is 353 g/mol. The topological polar surface area (TPSA) is 88.1 Å². The molecule has 2 heterocycles. The lowest BCUT2D eigenvalue weighted by Gasteiger charge is -2.58. The summed E-state index contributed by atoms with van der Waals surface area (Å²) in [6, 6.07) is 5.76. The number of carboxylic acids is 1. The smallest absolute Gasteiger partial charge is 0.309 e. The predicted octanol–water partition coefficient (Wildman–Crippen LogP) is 3.38. The SMILES string of the molecule is O=C(O)C12CC3CC(C1)C(COc1ccc(-c4ccn[nH]4)nc1)C(C3)C2. The maximum atomic E-state index is 11.8. The molecule has 0 aromatic carbocycles. The third-order valence-electron chi connectivity index (χ3n) is 6.88. The first kappa shape index (κ1) is 15.9. The van der Waals surface area contributed by atoms with Crippen LogP contribution in [0.25, 0.3) is 11.4 Å². The van der Waals surface area contributed by atoms with Gasteiger partial charge in [0.1, 0.15) is 5.75 Å². The van der Waals surface area contributed by atoms with Gasteiger partial charge in [0.15, 0.2) is 0 Å². The van der Waals surface area contributed by atoms with Gasteiger partial charge in [-0.1, -0.05) is 0 Å². The highest BCUT2D eigenvalue weighted by Crippen LogP contribution is 2.62. The van der Waals surface area contributed by atoms with Gasteiger partial charge in [0.25, 0.3) is 0 Å². The molecule has 136 valence electrons. The molecule has 2 N–H and O–H groups in total. The van der Waals surface area contributed by atoms with Crippen LogP contribution in [0.1, 0.15) is 32.1 Å². The quantitative estimate of drug-likeness (QED) is 0.860. The second kappa shape index (κ2) is 5.83. The number of aromatic amines is 1. The van der Waals surface area contributed by atoms with Crippen LogP contribution in [-0.4, -0.2) is 32.9 Å². The third-order valence-corrected chi connectivity index (χ3v) is 6.88. The number of H-pyrrole nitrogens is 1. The zero-order valence-corrected chi connectivity index (χ0v) is 14.6. The summed E-state index contributed by atoms with van der Waals surface area (Å²) in [6.45, 7) is 0.669. The molecule has 0 radical (unpaired) electrons. The number of pyridine rings is 1. The maximum Gasteiger partial charge on any atom is 0.309 e. The molecule has 4 bridgehead atoms. The summed E-state index contributed by atoms with van der Waals surface area (Å²) in [5.74, 6) is 2.27. The van der Waals surface area contributed by atoms with Crippen molar-refractivity contribution >= 4 is 5.97 Å². The van der Waals surface area contributed by atoms with Crippen LogP contribution in [0.5, 0.6) is 5.75 Å². The van der Waals surface area contributed by atoms with E-state index in [9.17, 15) is 9.90 Å². The summed E-state index contributed by atoms with van der Waals surface area (Å²) in [4.78, 5) is 16.3. The number of nitrogens with one attached hydrogen (secondary N) is 1. The molecule has 0 amide bonds. The van der Waals surface area contributed by atoms with Crippen LogP contribution in [0.2, 0.25) is 0 Å². The lowest BCUT2D eigenvalue weighted by Crippen LogP contribution is -2.55. The molecule has 6 rings (SSSR count). The van der Waals surface area contributed by atoms with Gasteiger partial charge in [-0.3, -0.25) is 14.9 Å². The van der Waals surface area contributed by atoms with Crippen molar-refractivity contribution in [1.82, 2.24) is 15.2 Å². The predicted molar refractivity (Wildman–Crippen MR) is 94.4 cm³/mol. The van der Waals surface area contributed by atoms with Crippen molar-refractivity contribution in [2.75, 3.05) is 6.61 Å². The molecule has 2 atom stereocenters. The fourth-order valence-corrected chi connectivity index (χ4v) is 5.88. The highest BCUT2D eigenvalue weighted by molar-refractivity contribution is 5.75. The molecule has 4 aliphatic carbocycles. The Morgan fingerprint density at radius 1 is 1.23 bits per heavy atom. The highest BCUT2D eigenvalue weighted by atomic mass is 16.5. The van der Waals surface area contributed by atoms with Crippen LogP contribution < -0.4 is 4.74 Å². The van der Waals surface area contributed by atoms with E-state index in [2.05, 4.69) is 15.2 Å². The molecular weight excluding hydrogens is 330 g/mol. The van der Waals surface area contributed by atoms with E-state index in [1.54, 1.807) is 12.4 Å². The van der Waals surface area contributed by atoms with E-state index >= 15 is 0 Å². The van der Waals surface area contributed by atoms with Crippen LogP contribution in [0.4, 0.5) is 0 Å². The standard InChI is InChI=1S/C20H23N3O3/c24-19(25)20-7-12-5-13(8-20)16(14(6-12)9-20)11-26-15-1-2-17(21-10-15)18-3-4-22-23-18/h1-4,10,12-14,16H,5-9,11H2,(H,22,23)(H,24,25). The average Bonchev–Trinajstić information content (AvgIpc) is 3.16. The zero-order chi connectivity index (χ0) is 17.7. The van der Waals surface area contributed by atoms with Gasteiger partial charge >= 0.3 is 5.97 Å². The van der Waals surface area contributed by atoms with Crippen LogP contribution in [-0.2, 0) is 4.79 Å². The molecule has 0 saturated heterocycles. The summed E-state index contributed by atoms with van der Waals surface area (Å²) >= 11 is 0. The molecule has 6 heteroatoms. The minimum Gasteiger partial charge on any atom is -0.492 e. The minimum absolute atomic E-state index is 0.444. The molecule has 0 spiro atoms. The van der Waals surface area contributed by atoms with E-state index in [1.807, 2.05) is 18.2 Å². The lowest BCUT2D eigenvalue weighted by molar-refractivity contribution is -0.172. The molecule has 2 aromatic rings. The first-order chi connectivity index (χ1) is 12.6. The fraction of sp³-hybridized carbons (Fsp3) is 0.550. The van der Waals surface area contributed by atoms with Crippen LogP contribution in [0.15, 0.2) is 30.6 Å². The largest absolute Gasteiger partial charge is 0.492 e. The van der Waals surface area contributed by atoms with Crippen molar-refractivity contribution in [3.05, 3.63) is 30.6 Å². The number of carboxylic acid groups (broad SMARTS) is 1. The summed E-state index contributed by atoms with van der Waals surface area (Å²) < 4.78 is 6.06. The second-order valence-electron chi connectivity index (χ2n) is 8.38. The molecule has 2 unspecified atom stereocenters. The van der Waals surface area contributed by atoms with E-state index < -0.39 is 11.4 Å². The second-order valence-corrected chi connectivity index (χ2v) is 8.38. The molecule has 2 aromatic heterocycles. The lowest BCUT2D eigenvalue weighted by atomic mass is 9.46. The Morgan fingerprint density at radius 2 is 2.04 bits per heavy atom. The Labute approximate surface area is 152 Å². The van der Waals surface area contributed by atoms with Crippen LogP contribution >= 0.6 is 0 Å². The van der Waals surface area contributed by atoms with Crippen molar-refractivity contribution in [2.24, 2.45) is 29.1 Å². The third kappa shape index (κ3) is 2.50. The van der Waals surface area contributed by atoms with E-state index in [0.29, 0.717) is 30.3 Å². The number of hydrogen-bond donors (Lipinski definition) is 2. The summed E-state index contributed by atoms with van der Waals surface area (Å²) in [6.07, 6.45) is 8.37. The number of hydrogen-bond acceptors (Lipinski definition) is 4. The molecule has 4 fully saturated rings. The van der Waals surface area contributed by atoms with Crippen molar-refractivity contribution < 1.29 is 14.6 Å². The number of nitrogens with zero attached hydrogens (tertiary/aromatic N) is 2. The Balaban J connectivity index is 1.26. The molecular formula is C20H23N3O3. The zero-order valence-electron chi connectivity index (χ0n) is 14.6. The van der Waals surface area contributed by atoms with Gasteiger partial charge in [-0.05, 0) is 74.0 Å². The molecule has 4 aliphatic rings. The monoisotopic (exact) mass is 353 g/mol. The minimum atomic E-state index is -0.574. The van der Waals surface area contributed by atoms with Crippen LogP contribution in [0.3, 0.4) is 0 Å². The first-order valence-electron chi connectivity index (χ1n) is 9.45. The maximum absolute atomic E-state index is 11.8. The number of carbonyl (C=O) groups is 1. The number of aromatic nitrogens is 3. The Hall–Kier alpha value is -2.37. The van der Waals surface area contributed by atoms with Crippen molar-refractivity contribution in [3.8, 4) is 17.1 Å². The van der Waals surface area contributed by atoms with E-state index in [-0.39, 0.29) is 0 Å². The Morgan fingerprint density at radius 3 is 2.65 bits per heavy atom. The van der Waals surface area contributed by atoms with Crippen molar-refractivity contribution in [2.45, 2.75) is 32.1 Å². The van der Waals surface area contributed by atoms with E-state index in [4.69, 9.17) is 4.74 Å². The van der Waals surface area contributed by atoms with Gasteiger partial charge in [0, 0.05) is 6.20 Å². The fourth-order valence-electron chi connectivity index (χ4n) is 5.88. The Kier molecular flexibility index (Phi) is 3.55. The normalized spacial score (nSPS) is 34.8. The first-order valence-corrected chi connectivity index (χ1v) is 9.45. The van der Waals surface area contributed by atoms with Crippen LogP contribution in [0, 0.1) is 29.1 Å².